The number of benzene rings is 2. The van der Waals surface area contributed by atoms with E-state index in [1.165, 1.54) is 16.1 Å². The monoisotopic (exact) mass is 527 g/mol. The molecule has 0 saturated carbocycles. The number of halogens is 1. The number of carbonyl (C=O) groups excluding carboxylic acids is 1. The van der Waals surface area contributed by atoms with Crippen LogP contribution in [0.15, 0.2) is 41.2 Å². The molecule has 2 heterocycles. The van der Waals surface area contributed by atoms with Crippen LogP contribution in [0.2, 0.25) is 0 Å². The number of nitrogens with zero attached hydrogens (tertiary/aromatic N) is 3. The first-order chi connectivity index (χ1) is 17.4. The number of fused-ring (bicyclic) bond motifs is 1. The normalized spacial score (nSPS) is 17.4. The van der Waals surface area contributed by atoms with Gasteiger partial charge in [-0.05, 0) is 56.4 Å². The van der Waals surface area contributed by atoms with E-state index in [0.717, 1.165) is 0 Å². The summed E-state index contributed by atoms with van der Waals surface area (Å²) in [4.78, 5) is 27.0. The molecule has 37 heavy (non-hydrogen) atoms. The van der Waals surface area contributed by atoms with Crippen LogP contribution in [0.4, 0.5) is 4.39 Å². The van der Waals surface area contributed by atoms with Gasteiger partial charge in [0.25, 0.3) is 0 Å². The lowest BCUT2D eigenvalue weighted by atomic mass is 9.78. The van der Waals surface area contributed by atoms with E-state index < -0.39 is 27.3 Å². The number of hydrogen-bond donors (Lipinski definition) is 0. The summed E-state index contributed by atoms with van der Waals surface area (Å²) in [5, 5.41) is 10.2. The molecule has 0 N–H and O–H groups in total. The van der Waals surface area contributed by atoms with Gasteiger partial charge in [-0.1, -0.05) is 13.0 Å². The van der Waals surface area contributed by atoms with Crippen LogP contribution < -0.4 is 10.4 Å². The predicted octanol–water partition coefficient (Wildman–Crippen LogP) is 4.73. The average molecular weight is 528 g/mol. The van der Waals surface area contributed by atoms with Gasteiger partial charge in [0.1, 0.15) is 21.7 Å². The molecule has 2 aromatic carbocycles. The largest absolute Gasteiger partial charge is 0.461 e. The van der Waals surface area contributed by atoms with Gasteiger partial charge in [-0.3, -0.25) is 13.9 Å². The summed E-state index contributed by atoms with van der Waals surface area (Å²) in [6.45, 7) is 6.79. The lowest BCUT2D eigenvalue weighted by Gasteiger charge is -2.32. The Labute approximate surface area is 215 Å². The molecule has 4 rings (SSSR count). The number of Topliss-reactive ketones (excluding diaryl/α,β-unsaturated/α-hetero) is 1. The number of sulfone groups is 1. The molecule has 0 radical (unpaired) electrons. The molecule has 1 aromatic heterocycles. The summed E-state index contributed by atoms with van der Waals surface area (Å²) in [7, 11) is -3.08. The third kappa shape index (κ3) is 5.18. The number of carbonyl (C=O) groups is 1. The quantitative estimate of drug-likeness (QED) is 0.411. The smallest absolute Gasteiger partial charge is 0.334 e. The van der Waals surface area contributed by atoms with E-state index >= 15 is 0 Å². The van der Waals surface area contributed by atoms with Crippen LogP contribution in [0.5, 0.6) is 5.75 Å². The topological polar surface area (TPSA) is 111 Å². The fourth-order valence-corrected chi connectivity index (χ4v) is 6.77. The molecule has 1 fully saturated rings. The Morgan fingerprint density at radius 1 is 1.19 bits per heavy atom. The van der Waals surface area contributed by atoms with Crippen molar-refractivity contribution >= 4 is 26.7 Å². The lowest BCUT2D eigenvalue weighted by molar-refractivity contribution is 0.0860. The van der Waals surface area contributed by atoms with Gasteiger partial charge < -0.3 is 4.74 Å². The lowest BCUT2D eigenvalue weighted by Crippen LogP contribution is -2.33. The van der Waals surface area contributed by atoms with Gasteiger partial charge in [0, 0.05) is 31.0 Å². The molecule has 1 aliphatic heterocycles. The minimum Gasteiger partial charge on any atom is -0.461 e. The van der Waals surface area contributed by atoms with Crippen LogP contribution in [-0.4, -0.2) is 41.2 Å². The van der Waals surface area contributed by atoms with E-state index in [1.807, 2.05) is 20.8 Å². The van der Waals surface area contributed by atoms with Crippen LogP contribution >= 0.6 is 0 Å². The van der Waals surface area contributed by atoms with Crippen LogP contribution in [0, 0.1) is 16.7 Å². The highest BCUT2D eigenvalue weighted by Crippen LogP contribution is 2.37. The maximum Gasteiger partial charge on any atom is 0.334 e. The van der Waals surface area contributed by atoms with Gasteiger partial charge in [0.15, 0.2) is 5.78 Å². The predicted molar refractivity (Wildman–Crippen MR) is 139 cm³/mol. The molecule has 1 atom stereocenters. The van der Waals surface area contributed by atoms with E-state index in [-0.39, 0.29) is 46.6 Å². The number of imidazole rings is 1. The Kier molecular flexibility index (Phi) is 7.04. The van der Waals surface area contributed by atoms with E-state index in [2.05, 4.69) is 6.07 Å². The number of aromatic nitrogens is 2. The van der Waals surface area contributed by atoms with Crippen molar-refractivity contribution in [2.75, 3.05) is 11.5 Å². The van der Waals surface area contributed by atoms with E-state index in [0.29, 0.717) is 29.6 Å². The van der Waals surface area contributed by atoms with Crippen molar-refractivity contribution in [2.45, 2.75) is 59.4 Å². The third-order valence-electron chi connectivity index (χ3n) is 6.96. The Morgan fingerprint density at radius 2 is 1.86 bits per heavy atom. The first kappa shape index (κ1) is 26.6. The second kappa shape index (κ2) is 9.78. The van der Waals surface area contributed by atoms with E-state index in [1.54, 1.807) is 36.4 Å². The summed E-state index contributed by atoms with van der Waals surface area (Å²) < 4.78 is 45.2. The van der Waals surface area contributed by atoms with Gasteiger partial charge in [0.2, 0.25) is 6.36 Å². The van der Waals surface area contributed by atoms with Crippen molar-refractivity contribution in [2.24, 2.45) is 5.41 Å². The first-order valence-corrected chi connectivity index (χ1v) is 14.0. The van der Waals surface area contributed by atoms with Crippen LogP contribution in [0.25, 0.3) is 16.7 Å². The molecule has 0 bridgehead atoms. The van der Waals surface area contributed by atoms with Crippen molar-refractivity contribution in [3.63, 3.8) is 0 Å². The third-order valence-corrected chi connectivity index (χ3v) is 8.61. The Morgan fingerprint density at radius 3 is 2.46 bits per heavy atom. The number of rotatable bonds is 7. The molecule has 0 spiro atoms. The highest BCUT2D eigenvalue weighted by atomic mass is 32.2. The zero-order chi connectivity index (χ0) is 27.1. The number of alkyl halides is 1. The molecular weight excluding hydrogens is 497 g/mol. The van der Waals surface area contributed by atoms with Gasteiger partial charge in [-0.25, -0.2) is 17.6 Å². The highest BCUT2D eigenvalue weighted by molar-refractivity contribution is 7.91. The van der Waals surface area contributed by atoms with Crippen LogP contribution in [0.1, 0.15) is 68.9 Å². The number of hydrogen-bond acceptors (Lipinski definition) is 6. The SMILES string of the molecule is CC(F)Oc1cccc(-n2c(=O)n(C(C)C)c3c(C#N)c(C(=O)CC4(C)CCS(=O)(=O)CC4)ccc32)c1. The summed E-state index contributed by atoms with van der Waals surface area (Å²) >= 11 is 0. The first-order valence-electron chi connectivity index (χ1n) is 12.2. The van der Waals surface area contributed by atoms with Crippen LogP contribution in [-0.2, 0) is 9.84 Å². The van der Waals surface area contributed by atoms with Gasteiger partial charge >= 0.3 is 5.69 Å². The Hall–Kier alpha value is -3.45. The molecule has 1 aliphatic rings. The summed E-state index contributed by atoms with van der Waals surface area (Å²) in [5.41, 5.74) is 0.639. The van der Waals surface area contributed by atoms with Gasteiger partial charge in [0.05, 0.1) is 33.8 Å². The molecule has 3 aromatic rings. The highest BCUT2D eigenvalue weighted by Gasteiger charge is 2.36. The molecule has 0 aliphatic carbocycles. The maximum absolute atomic E-state index is 13.6. The number of ether oxygens (including phenoxy) is 1. The van der Waals surface area contributed by atoms with Crippen molar-refractivity contribution < 1.29 is 22.3 Å². The van der Waals surface area contributed by atoms with Crippen molar-refractivity contribution in [3.05, 3.63) is 58.0 Å². The molecule has 10 heteroatoms. The van der Waals surface area contributed by atoms with Gasteiger partial charge in [-0.15, -0.1) is 0 Å². The molecular formula is C27H30FN3O5S. The summed E-state index contributed by atoms with van der Waals surface area (Å²) in [5.74, 6) is 0.0734. The Bertz CT molecular complexity index is 1560. The van der Waals surface area contributed by atoms with E-state index in [9.17, 15) is 27.7 Å². The van der Waals surface area contributed by atoms with Crippen molar-refractivity contribution in [1.29, 1.82) is 5.26 Å². The fraction of sp³-hybridized carbons (Fsp3) is 0.444. The van der Waals surface area contributed by atoms with Crippen molar-refractivity contribution in [3.8, 4) is 17.5 Å². The van der Waals surface area contributed by atoms with E-state index in [4.69, 9.17) is 4.74 Å². The number of ketones is 1. The maximum atomic E-state index is 13.6. The minimum atomic E-state index is -3.08. The minimum absolute atomic E-state index is 0.0423. The fourth-order valence-electron chi connectivity index (χ4n) is 4.96. The average Bonchev–Trinajstić information content (AvgIpc) is 3.12. The molecule has 8 nitrogen and oxygen atoms in total. The molecule has 1 saturated heterocycles. The zero-order valence-electron chi connectivity index (χ0n) is 21.3. The second-order valence-corrected chi connectivity index (χ2v) is 12.6. The van der Waals surface area contributed by atoms with Crippen LogP contribution in [0.3, 0.4) is 0 Å². The molecule has 0 amide bonds. The Balaban J connectivity index is 1.85. The van der Waals surface area contributed by atoms with Crippen molar-refractivity contribution in [1.82, 2.24) is 9.13 Å². The second-order valence-electron chi connectivity index (χ2n) is 10.3. The molecule has 196 valence electrons. The standard InChI is InChI=1S/C27H30FN3O5S/c1-17(2)30-25-22(16-29)21(24(32)15-27(4)10-12-37(34,35)13-11-27)8-9-23(25)31(26(30)33)19-6-5-7-20(14-19)36-18(3)28/h5-9,14,17-18H,10-13,15H2,1-4H3. The summed E-state index contributed by atoms with van der Waals surface area (Å²) in [6.07, 6.45) is -0.660. The van der Waals surface area contributed by atoms with Gasteiger partial charge in [-0.2, -0.15) is 5.26 Å². The zero-order valence-corrected chi connectivity index (χ0v) is 22.1. The number of nitriles is 1. The molecule has 1 unspecified atom stereocenters. The summed E-state index contributed by atoms with van der Waals surface area (Å²) in [6, 6.07) is 11.5.